The van der Waals surface area contributed by atoms with Crippen molar-refractivity contribution in [1.29, 1.82) is 0 Å². The van der Waals surface area contributed by atoms with E-state index in [4.69, 9.17) is 0 Å². The minimum absolute atomic E-state index is 0.0505. The second-order valence-electron chi connectivity index (χ2n) is 4.30. The molecule has 0 unspecified atom stereocenters. The van der Waals surface area contributed by atoms with Gasteiger partial charge in [-0.25, -0.2) is 4.98 Å². The summed E-state index contributed by atoms with van der Waals surface area (Å²) in [5.74, 6) is -0.0505. The minimum atomic E-state index is -0.0505. The number of aromatic nitrogens is 2. The van der Waals surface area contributed by atoms with Crippen molar-refractivity contribution in [2.45, 2.75) is 0 Å². The summed E-state index contributed by atoms with van der Waals surface area (Å²) in [7, 11) is 1.77. The first-order chi connectivity index (χ1) is 9.27. The van der Waals surface area contributed by atoms with Crippen LogP contribution in [0.1, 0.15) is 10.4 Å². The molecule has 94 valence electrons. The molecular weight excluding hydrogens is 238 g/mol. The highest BCUT2D eigenvalue weighted by atomic mass is 16.2. The van der Waals surface area contributed by atoms with Crippen molar-refractivity contribution in [2.75, 3.05) is 11.9 Å². The van der Waals surface area contributed by atoms with Gasteiger partial charge in [-0.2, -0.15) is 0 Å². The zero-order valence-corrected chi connectivity index (χ0v) is 10.5. The standard InChI is InChI=1S/C15H13N3O/c1-18(11-6-3-2-4-7-11)15(19)13-10-17-14-12(13)8-5-9-16-14/h2-10H,1H3,(H,16,17). The average molecular weight is 251 g/mol. The van der Waals surface area contributed by atoms with Crippen LogP contribution in [0.3, 0.4) is 0 Å². The molecule has 0 radical (unpaired) electrons. The summed E-state index contributed by atoms with van der Waals surface area (Å²) in [6.07, 6.45) is 3.41. The lowest BCUT2D eigenvalue weighted by atomic mass is 10.2. The van der Waals surface area contributed by atoms with Crippen molar-refractivity contribution in [3.8, 4) is 0 Å². The van der Waals surface area contributed by atoms with Crippen molar-refractivity contribution in [1.82, 2.24) is 9.97 Å². The number of benzene rings is 1. The van der Waals surface area contributed by atoms with E-state index in [1.807, 2.05) is 42.5 Å². The number of rotatable bonds is 2. The topological polar surface area (TPSA) is 49.0 Å². The number of nitrogens with one attached hydrogen (secondary N) is 1. The maximum Gasteiger partial charge on any atom is 0.260 e. The first-order valence-electron chi connectivity index (χ1n) is 6.02. The number of anilines is 1. The normalized spacial score (nSPS) is 10.6. The number of amides is 1. The van der Waals surface area contributed by atoms with Crippen LogP contribution in [0.25, 0.3) is 11.0 Å². The van der Waals surface area contributed by atoms with Crippen LogP contribution in [0.15, 0.2) is 54.9 Å². The Balaban J connectivity index is 2.00. The summed E-state index contributed by atoms with van der Waals surface area (Å²) in [5, 5.41) is 0.843. The van der Waals surface area contributed by atoms with Crippen LogP contribution in [0.4, 0.5) is 5.69 Å². The zero-order valence-electron chi connectivity index (χ0n) is 10.5. The summed E-state index contributed by atoms with van der Waals surface area (Å²) < 4.78 is 0. The third-order valence-corrected chi connectivity index (χ3v) is 3.13. The largest absolute Gasteiger partial charge is 0.345 e. The van der Waals surface area contributed by atoms with Crippen LogP contribution in [0, 0.1) is 0 Å². The van der Waals surface area contributed by atoms with Gasteiger partial charge >= 0.3 is 0 Å². The van der Waals surface area contributed by atoms with E-state index in [2.05, 4.69) is 9.97 Å². The van der Waals surface area contributed by atoms with Crippen molar-refractivity contribution >= 4 is 22.6 Å². The Morgan fingerprint density at radius 3 is 2.74 bits per heavy atom. The lowest BCUT2D eigenvalue weighted by Crippen LogP contribution is -2.25. The maximum atomic E-state index is 12.5. The Morgan fingerprint density at radius 2 is 1.95 bits per heavy atom. The number of fused-ring (bicyclic) bond motifs is 1. The van der Waals surface area contributed by atoms with Crippen LogP contribution < -0.4 is 4.90 Å². The van der Waals surface area contributed by atoms with Gasteiger partial charge < -0.3 is 9.88 Å². The van der Waals surface area contributed by atoms with E-state index in [1.165, 1.54) is 0 Å². The molecule has 3 aromatic rings. The molecule has 1 aromatic carbocycles. The third-order valence-electron chi connectivity index (χ3n) is 3.13. The van der Waals surface area contributed by atoms with Crippen LogP contribution in [0.5, 0.6) is 0 Å². The van der Waals surface area contributed by atoms with Gasteiger partial charge in [0.25, 0.3) is 5.91 Å². The van der Waals surface area contributed by atoms with Crippen molar-refractivity contribution in [3.05, 3.63) is 60.4 Å². The number of para-hydroxylation sites is 1. The Kier molecular flexibility index (Phi) is 2.76. The van der Waals surface area contributed by atoms with Crippen molar-refractivity contribution in [2.24, 2.45) is 0 Å². The summed E-state index contributed by atoms with van der Waals surface area (Å²) in [5.41, 5.74) is 2.23. The molecule has 0 saturated heterocycles. The summed E-state index contributed by atoms with van der Waals surface area (Å²) in [6, 6.07) is 13.3. The monoisotopic (exact) mass is 251 g/mol. The van der Waals surface area contributed by atoms with Crippen LogP contribution in [0.2, 0.25) is 0 Å². The van der Waals surface area contributed by atoms with E-state index in [-0.39, 0.29) is 5.91 Å². The Bertz CT molecular complexity index is 718. The predicted octanol–water partition coefficient (Wildman–Crippen LogP) is 2.84. The molecule has 2 aromatic heterocycles. The van der Waals surface area contributed by atoms with Gasteiger partial charge in [0, 0.05) is 30.5 Å². The van der Waals surface area contributed by atoms with Gasteiger partial charge in [-0.1, -0.05) is 18.2 Å². The van der Waals surface area contributed by atoms with E-state index in [0.717, 1.165) is 16.7 Å². The second kappa shape index (κ2) is 4.57. The first-order valence-corrected chi connectivity index (χ1v) is 6.02. The Hall–Kier alpha value is -2.62. The van der Waals surface area contributed by atoms with Gasteiger partial charge in [0.1, 0.15) is 5.65 Å². The number of carbonyl (C=O) groups excluding carboxylic acids is 1. The van der Waals surface area contributed by atoms with E-state index in [0.29, 0.717) is 5.56 Å². The lowest BCUT2D eigenvalue weighted by molar-refractivity contribution is 0.0994. The molecule has 4 heteroatoms. The van der Waals surface area contributed by atoms with E-state index < -0.39 is 0 Å². The maximum absolute atomic E-state index is 12.5. The number of carbonyl (C=O) groups is 1. The molecular formula is C15H13N3O. The molecule has 1 amide bonds. The number of hydrogen-bond acceptors (Lipinski definition) is 2. The van der Waals surface area contributed by atoms with Gasteiger partial charge in [0.15, 0.2) is 0 Å². The fourth-order valence-electron chi connectivity index (χ4n) is 2.08. The highest BCUT2D eigenvalue weighted by molar-refractivity contribution is 6.13. The predicted molar refractivity (Wildman–Crippen MR) is 75.3 cm³/mol. The first kappa shape index (κ1) is 11.5. The molecule has 0 bridgehead atoms. The Labute approximate surface area is 110 Å². The molecule has 19 heavy (non-hydrogen) atoms. The third kappa shape index (κ3) is 1.97. The van der Waals surface area contributed by atoms with E-state index >= 15 is 0 Å². The molecule has 0 atom stereocenters. The lowest BCUT2D eigenvalue weighted by Gasteiger charge is -2.16. The molecule has 0 aliphatic rings. The van der Waals surface area contributed by atoms with Gasteiger partial charge in [0.2, 0.25) is 0 Å². The number of aromatic amines is 1. The average Bonchev–Trinajstić information content (AvgIpc) is 2.90. The molecule has 1 N–H and O–H groups in total. The molecule has 0 aliphatic heterocycles. The highest BCUT2D eigenvalue weighted by Crippen LogP contribution is 2.20. The smallest absolute Gasteiger partial charge is 0.260 e. The molecule has 0 fully saturated rings. The van der Waals surface area contributed by atoms with Crippen molar-refractivity contribution in [3.63, 3.8) is 0 Å². The van der Waals surface area contributed by atoms with Gasteiger partial charge in [-0.3, -0.25) is 4.79 Å². The highest BCUT2D eigenvalue weighted by Gasteiger charge is 2.17. The zero-order chi connectivity index (χ0) is 13.2. The molecule has 3 rings (SSSR count). The van der Waals surface area contributed by atoms with E-state index in [1.54, 1.807) is 24.3 Å². The number of hydrogen-bond donors (Lipinski definition) is 1. The minimum Gasteiger partial charge on any atom is -0.345 e. The molecule has 0 spiro atoms. The molecule has 4 nitrogen and oxygen atoms in total. The van der Waals surface area contributed by atoms with Crippen molar-refractivity contribution < 1.29 is 4.79 Å². The van der Waals surface area contributed by atoms with Gasteiger partial charge in [-0.05, 0) is 24.3 Å². The fourth-order valence-corrected chi connectivity index (χ4v) is 2.08. The van der Waals surface area contributed by atoms with E-state index in [9.17, 15) is 4.79 Å². The van der Waals surface area contributed by atoms with Crippen LogP contribution in [-0.2, 0) is 0 Å². The summed E-state index contributed by atoms with van der Waals surface area (Å²) in [4.78, 5) is 21.3. The number of H-pyrrole nitrogens is 1. The number of nitrogens with zero attached hydrogens (tertiary/aromatic N) is 2. The summed E-state index contributed by atoms with van der Waals surface area (Å²) in [6.45, 7) is 0. The van der Waals surface area contributed by atoms with Gasteiger partial charge in [-0.15, -0.1) is 0 Å². The van der Waals surface area contributed by atoms with Crippen LogP contribution in [-0.4, -0.2) is 22.9 Å². The second-order valence-corrected chi connectivity index (χ2v) is 4.30. The molecule has 0 saturated carbocycles. The molecule has 0 aliphatic carbocycles. The number of pyridine rings is 1. The quantitative estimate of drug-likeness (QED) is 0.761. The fraction of sp³-hybridized carbons (Fsp3) is 0.0667. The summed E-state index contributed by atoms with van der Waals surface area (Å²) >= 11 is 0. The Morgan fingerprint density at radius 1 is 1.16 bits per heavy atom. The van der Waals surface area contributed by atoms with Crippen LogP contribution >= 0.6 is 0 Å². The molecule has 2 heterocycles. The SMILES string of the molecule is CN(C(=O)c1c[nH]c2ncccc12)c1ccccc1. The van der Waals surface area contributed by atoms with Gasteiger partial charge in [0.05, 0.1) is 5.56 Å².